The van der Waals surface area contributed by atoms with Crippen LogP contribution in [0.4, 0.5) is 0 Å². The first-order chi connectivity index (χ1) is 9.16. The maximum Gasteiger partial charge on any atom is 0.287 e. The van der Waals surface area contributed by atoms with Crippen molar-refractivity contribution < 1.29 is 14.3 Å². The maximum atomic E-state index is 12.0. The molecule has 5 heteroatoms. The van der Waals surface area contributed by atoms with Gasteiger partial charge in [0.05, 0.1) is 5.60 Å². The normalized spacial score (nSPS) is 22.8. The summed E-state index contributed by atoms with van der Waals surface area (Å²) in [6.45, 7) is 0.274. The summed E-state index contributed by atoms with van der Waals surface area (Å²) in [7, 11) is 0. The van der Waals surface area contributed by atoms with Gasteiger partial charge in [-0.3, -0.25) is 4.79 Å². The highest BCUT2D eigenvalue weighted by atomic mass is 32.2. The molecule has 0 aliphatic carbocycles. The average molecular weight is 277 g/mol. The molecular weight excluding hydrogens is 262 g/mol. The highest BCUT2D eigenvalue weighted by molar-refractivity contribution is 7.99. The van der Waals surface area contributed by atoms with E-state index in [0.717, 1.165) is 17.6 Å². The lowest BCUT2D eigenvalue weighted by Gasteiger charge is -2.20. The molecule has 3 rings (SSSR count). The quantitative estimate of drug-likeness (QED) is 0.901. The Morgan fingerprint density at radius 2 is 2.32 bits per heavy atom. The molecule has 0 unspecified atom stereocenters. The van der Waals surface area contributed by atoms with Crippen LogP contribution < -0.4 is 5.32 Å². The van der Waals surface area contributed by atoms with Crippen LogP contribution in [0.3, 0.4) is 0 Å². The summed E-state index contributed by atoms with van der Waals surface area (Å²) >= 11 is 1.71. The SMILES string of the molecule is O=C(NC[C@]1(O)CCSC1)c1cc2ccccc2o1. The number of rotatable bonds is 3. The second-order valence-corrected chi connectivity index (χ2v) is 5.96. The molecule has 4 nitrogen and oxygen atoms in total. The van der Waals surface area contributed by atoms with E-state index < -0.39 is 5.60 Å². The molecule has 1 amide bonds. The summed E-state index contributed by atoms with van der Waals surface area (Å²) in [4.78, 5) is 12.0. The third-order valence-electron chi connectivity index (χ3n) is 3.31. The van der Waals surface area contributed by atoms with Gasteiger partial charge in [-0.1, -0.05) is 18.2 Å². The molecule has 2 N–H and O–H groups in total. The van der Waals surface area contributed by atoms with Gasteiger partial charge < -0.3 is 14.8 Å². The van der Waals surface area contributed by atoms with E-state index in [0.29, 0.717) is 11.3 Å². The predicted octanol–water partition coefficient (Wildman–Crippen LogP) is 2.03. The van der Waals surface area contributed by atoms with Crippen LogP contribution in [0.2, 0.25) is 0 Å². The van der Waals surface area contributed by atoms with E-state index in [2.05, 4.69) is 5.32 Å². The summed E-state index contributed by atoms with van der Waals surface area (Å²) < 4.78 is 5.48. The Morgan fingerprint density at radius 1 is 1.47 bits per heavy atom. The van der Waals surface area contributed by atoms with E-state index in [4.69, 9.17) is 4.42 Å². The van der Waals surface area contributed by atoms with Crippen molar-refractivity contribution in [3.8, 4) is 0 Å². The molecule has 1 atom stereocenters. The number of fused-ring (bicyclic) bond motifs is 1. The van der Waals surface area contributed by atoms with E-state index in [9.17, 15) is 9.90 Å². The van der Waals surface area contributed by atoms with Crippen LogP contribution >= 0.6 is 11.8 Å². The molecule has 1 fully saturated rings. The number of hydrogen-bond donors (Lipinski definition) is 2. The molecule has 0 radical (unpaired) electrons. The number of carbonyl (C=O) groups is 1. The maximum absolute atomic E-state index is 12.0. The number of para-hydroxylation sites is 1. The van der Waals surface area contributed by atoms with Crippen molar-refractivity contribution in [1.29, 1.82) is 0 Å². The summed E-state index contributed by atoms with van der Waals surface area (Å²) in [5.41, 5.74) is -0.0745. The van der Waals surface area contributed by atoms with Gasteiger partial charge >= 0.3 is 0 Å². The van der Waals surface area contributed by atoms with Crippen LogP contribution in [0.1, 0.15) is 17.0 Å². The topological polar surface area (TPSA) is 62.5 Å². The third kappa shape index (κ3) is 2.62. The number of nitrogens with one attached hydrogen (secondary N) is 1. The third-order valence-corrected chi connectivity index (χ3v) is 4.54. The van der Waals surface area contributed by atoms with Crippen molar-refractivity contribution in [1.82, 2.24) is 5.32 Å². The average Bonchev–Trinajstić information content (AvgIpc) is 3.02. The van der Waals surface area contributed by atoms with E-state index in [-0.39, 0.29) is 18.2 Å². The van der Waals surface area contributed by atoms with Gasteiger partial charge in [-0.15, -0.1) is 0 Å². The minimum absolute atomic E-state index is 0.274. The molecular formula is C14H15NO3S. The van der Waals surface area contributed by atoms with E-state index in [1.165, 1.54) is 0 Å². The van der Waals surface area contributed by atoms with Crippen molar-refractivity contribution in [2.24, 2.45) is 0 Å². The molecule has 100 valence electrons. The lowest BCUT2D eigenvalue weighted by Crippen LogP contribution is -2.42. The lowest BCUT2D eigenvalue weighted by atomic mass is 10.0. The van der Waals surface area contributed by atoms with Crippen molar-refractivity contribution in [2.45, 2.75) is 12.0 Å². The summed E-state index contributed by atoms with van der Waals surface area (Å²) in [5, 5.41) is 13.8. The number of amides is 1. The highest BCUT2D eigenvalue weighted by Crippen LogP contribution is 2.27. The molecule has 1 aliphatic heterocycles. The number of carbonyl (C=O) groups excluding carboxylic acids is 1. The van der Waals surface area contributed by atoms with Crippen molar-refractivity contribution in [3.63, 3.8) is 0 Å². The van der Waals surface area contributed by atoms with Crippen LogP contribution in [0.25, 0.3) is 11.0 Å². The Labute approximate surface area is 115 Å². The van der Waals surface area contributed by atoms with Gasteiger partial charge in [0.25, 0.3) is 5.91 Å². The van der Waals surface area contributed by atoms with Crippen LogP contribution in [0.5, 0.6) is 0 Å². The largest absolute Gasteiger partial charge is 0.451 e. The Morgan fingerprint density at radius 3 is 3.05 bits per heavy atom. The smallest absolute Gasteiger partial charge is 0.287 e. The lowest BCUT2D eigenvalue weighted by molar-refractivity contribution is 0.0603. The van der Waals surface area contributed by atoms with E-state index >= 15 is 0 Å². The first kappa shape index (κ1) is 12.6. The van der Waals surface area contributed by atoms with Crippen LogP contribution in [0.15, 0.2) is 34.7 Å². The summed E-state index contributed by atoms with van der Waals surface area (Å²) in [5.74, 6) is 1.63. The zero-order valence-electron chi connectivity index (χ0n) is 10.4. The number of aliphatic hydroxyl groups is 1. The summed E-state index contributed by atoms with van der Waals surface area (Å²) in [6.07, 6.45) is 0.720. The van der Waals surface area contributed by atoms with E-state index in [1.807, 2.05) is 24.3 Å². The molecule has 0 spiro atoms. The molecule has 19 heavy (non-hydrogen) atoms. The number of thioether (sulfide) groups is 1. The Balaban J connectivity index is 1.69. The fourth-order valence-corrected chi connectivity index (χ4v) is 3.46. The van der Waals surface area contributed by atoms with Crippen molar-refractivity contribution in [3.05, 3.63) is 36.1 Å². The minimum atomic E-state index is -0.771. The molecule has 1 aromatic heterocycles. The van der Waals surface area contributed by atoms with Gasteiger partial charge in [0.2, 0.25) is 0 Å². The molecule has 0 bridgehead atoms. The van der Waals surface area contributed by atoms with Crippen molar-refractivity contribution in [2.75, 3.05) is 18.1 Å². The predicted molar refractivity (Wildman–Crippen MR) is 75.4 cm³/mol. The fourth-order valence-electron chi connectivity index (χ4n) is 2.16. The van der Waals surface area contributed by atoms with E-state index in [1.54, 1.807) is 17.8 Å². The van der Waals surface area contributed by atoms with Gasteiger partial charge in [-0.05, 0) is 24.3 Å². The second-order valence-electron chi connectivity index (χ2n) is 4.86. The van der Waals surface area contributed by atoms with Gasteiger partial charge in [0, 0.05) is 17.7 Å². The van der Waals surface area contributed by atoms with Gasteiger partial charge in [-0.2, -0.15) is 11.8 Å². The first-order valence-electron chi connectivity index (χ1n) is 6.23. The zero-order valence-corrected chi connectivity index (χ0v) is 11.2. The number of furan rings is 1. The Kier molecular flexibility index (Phi) is 3.24. The number of benzene rings is 1. The second kappa shape index (κ2) is 4.90. The Bertz CT molecular complexity index is 569. The molecule has 1 aromatic carbocycles. The minimum Gasteiger partial charge on any atom is -0.451 e. The fraction of sp³-hybridized carbons (Fsp3) is 0.357. The highest BCUT2D eigenvalue weighted by Gasteiger charge is 2.32. The van der Waals surface area contributed by atoms with Gasteiger partial charge in [0.1, 0.15) is 5.58 Å². The van der Waals surface area contributed by atoms with Crippen LogP contribution in [0, 0.1) is 0 Å². The van der Waals surface area contributed by atoms with Crippen LogP contribution in [-0.2, 0) is 0 Å². The zero-order chi connectivity index (χ0) is 13.3. The molecule has 1 saturated heterocycles. The van der Waals surface area contributed by atoms with Crippen molar-refractivity contribution >= 4 is 28.6 Å². The standard InChI is InChI=1S/C14H15NO3S/c16-13(15-8-14(17)5-6-19-9-14)12-7-10-3-1-2-4-11(10)18-12/h1-4,7,17H,5-6,8-9H2,(H,15,16)/t14-/m1/s1. The molecule has 2 heterocycles. The van der Waals surface area contributed by atoms with Gasteiger partial charge in [0.15, 0.2) is 5.76 Å². The molecule has 1 aliphatic rings. The van der Waals surface area contributed by atoms with Gasteiger partial charge in [-0.25, -0.2) is 0 Å². The first-order valence-corrected chi connectivity index (χ1v) is 7.39. The summed E-state index contributed by atoms with van der Waals surface area (Å²) in [6, 6.07) is 9.21. The number of hydrogen-bond acceptors (Lipinski definition) is 4. The van der Waals surface area contributed by atoms with Crippen LogP contribution in [-0.4, -0.2) is 34.7 Å². The molecule has 0 saturated carbocycles. The Hall–Kier alpha value is -1.46. The monoisotopic (exact) mass is 277 g/mol. The molecule has 2 aromatic rings.